The molecular weight excluding hydrogens is 252 g/mol. The topological polar surface area (TPSA) is 46.5 Å². The lowest BCUT2D eigenvalue weighted by Gasteiger charge is -2.37. The maximum Gasteiger partial charge on any atom is 0.506 e. The van der Waals surface area contributed by atoms with Gasteiger partial charge in [-0.1, -0.05) is 39.0 Å². The Hall–Kier alpha value is -0.730. The summed E-state index contributed by atoms with van der Waals surface area (Å²) in [6.07, 6.45) is 12.9. The number of hydrogen-bond donors (Lipinski definition) is 1. The molecule has 2 rings (SSSR count). The van der Waals surface area contributed by atoms with Gasteiger partial charge in [0, 0.05) is 0 Å². The number of carboxylic acid groups (broad SMARTS) is 1. The van der Waals surface area contributed by atoms with Crippen molar-refractivity contribution in [3.8, 4) is 0 Å². The molecule has 0 radical (unpaired) electrons. The molecule has 3 heteroatoms. The standard InChI is InChI=1S/C17H30O3/c1-2-3-4-13-5-7-14(8-6-13)15-9-11-16(12-10-15)20-17(18)19/h13-16H,2-12H2,1H3,(H,18,19)/t13-,14-,15-,16-. The third-order valence-electron chi connectivity index (χ3n) is 5.51. The molecule has 0 unspecified atom stereocenters. The largest absolute Gasteiger partial charge is 0.506 e. The monoisotopic (exact) mass is 282 g/mol. The second kappa shape index (κ2) is 7.90. The van der Waals surface area contributed by atoms with Crippen molar-refractivity contribution in [3.63, 3.8) is 0 Å². The van der Waals surface area contributed by atoms with Crippen molar-refractivity contribution in [2.45, 2.75) is 83.7 Å². The summed E-state index contributed by atoms with van der Waals surface area (Å²) < 4.78 is 4.90. The summed E-state index contributed by atoms with van der Waals surface area (Å²) in [5.41, 5.74) is 0. The summed E-state index contributed by atoms with van der Waals surface area (Å²) in [6.45, 7) is 2.28. The van der Waals surface area contributed by atoms with Crippen molar-refractivity contribution >= 4 is 6.16 Å². The van der Waals surface area contributed by atoms with Crippen molar-refractivity contribution in [1.82, 2.24) is 0 Å². The van der Waals surface area contributed by atoms with Crippen LogP contribution in [0.3, 0.4) is 0 Å². The van der Waals surface area contributed by atoms with Gasteiger partial charge in [0.2, 0.25) is 0 Å². The van der Waals surface area contributed by atoms with Crippen molar-refractivity contribution < 1.29 is 14.6 Å². The Labute approximate surface area is 123 Å². The van der Waals surface area contributed by atoms with Gasteiger partial charge >= 0.3 is 6.16 Å². The van der Waals surface area contributed by atoms with E-state index in [9.17, 15) is 4.79 Å². The Morgan fingerprint density at radius 1 is 1.00 bits per heavy atom. The first-order chi connectivity index (χ1) is 9.69. The van der Waals surface area contributed by atoms with E-state index in [2.05, 4.69) is 6.92 Å². The normalized spacial score (nSPS) is 34.6. The molecule has 0 bridgehead atoms. The van der Waals surface area contributed by atoms with E-state index in [-0.39, 0.29) is 6.10 Å². The molecule has 0 heterocycles. The molecule has 0 atom stereocenters. The highest BCUT2D eigenvalue weighted by molar-refractivity contribution is 5.57. The van der Waals surface area contributed by atoms with Crippen LogP contribution in [0.2, 0.25) is 0 Å². The minimum absolute atomic E-state index is 0.0374. The van der Waals surface area contributed by atoms with Gasteiger partial charge in [0.05, 0.1) is 0 Å². The maximum absolute atomic E-state index is 10.6. The predicted octanol–water partition coefficient (Wildman–Crippen LogP) is 5.24. The highest BCUT2D eigenvalue weighted by Gasteiger charge is 2.31. The average Bonchev–Trinajstić information content (AvgIpc) is 2.46. The van der Waals surface area contributed by atoms with Crippen molar-refractivity contribution in [1.29, 1.82) is 0 Å². The van der Waals surface area contributed by atoms with E-state index in [1.54, 1.807) is 0 Å². The third-order valence-corrected chi connectivity index (χ3v) is 5.51. The van der Waals surface area contributed by atoms with Crippen LogP contribution in [0, 0.1) is 17.8 Å². The summed E-state index contributed by atoms with van der Waals surface area (Å²) in [5.74, 6) is 2.72. The lowest BCUT2D eigenvalue weighted by molar-refractivity contribution is 0.0191. The molecular formula is C17H30O3. The van der Waals surface area contributed by atoms with Crippen LogP contribution >= 0.6 is 0 Å². The summed E-state index contributed by atoms with van der Waals surface area (Å²) in [4.78, 5) is 10.6. The van der Waals surface area contributed by atoms with Crippen LogP contribution in [0.4, 0.5) is 4.79 Å². The molecule has 0 aromatic carbocycles. The second-order valence-electron chi connectivity index (χ2n) is 6.84. The fraction of sp³-hybridized carbons (Fsp3) is 0.941. The summed E-state index contributed by atoms with van der Waals surface area (Å²) in [5, 5.41) is 8.66. The van der Waals surface area contributed by atoms with Gasteiger partial charge in [-0.25, -0.2) is 4.79 Å². The van der Waals surface area contributed by atoms with Crippen LogP contribution in [0.1, 0.15) is 77.6 Å². The predicted molar refractivity (Wildman–Crippen MR) is 79.8 cm³/mol. The van der Waals surface area contributed by atoms with Gasteiger partial charge in [-0.15, -0.1) is 0 Å². The van der Waals surface area contributed by atoms with E-state index in [0.29, 0.717) is 0 Å². The quantitative estimate of drug-likeness (QED) is 0.702. The highest BCUT2D eigenvalue weighted by Crippen LogP contribution is 2.41. The Bertz CT molecular complexity index is 287. The molecule has 116 valence electrons. The molecule has 0 spiro atoms. The minimum atomic E-state index is -1.11. The maximum atomic E-state index is 10.6. The van der Waals surface area contributed by atoms with Gasteiger partial charge < -0.3 is 9.84 Å². The molecule has 2 aliphatic rings. The van der Waals surface area contributed by atoms with E-state index in [1.807, 2.05) is 0 Å². The van der Waals surface area contributed by atoms with Crippen LogP contribution < -0.4 is 0 Å². The van der Waals surface area contributed by atoms with Gasteiger partial charge in [0.15, 0.2) is 0 Å². The molecule has 0 saturated heterocycles. The Morgan fingerprint density at radius 3 is 2.05 bits per heavy atom. The van der Waals surface area contributed by atoms with Crippen molar-refractivity contribution in [3.05, 3.63) is 0 Å². The Kier molecular flexibility index (Phi) is 6.18. The summed E-state index contributed by atoms with van der Waals surface area (Å²) in [6, 6.07) is 0. The SMILES string of the molecule is CCCC[C@H]1CC[C@H]([C@H]2CC[C@H](OC(=O)O)CC2)CC1. The number of carbonyl (C=O) groups is 1. The van der Waals surface area contributed by atoms with Gasteiger partial charge in [-0.2, -0.15) is 0 Å². The van der Waals surface area contributed by atoms with Crippen LogP contribution in [0.5, 0.6) is 0 Å². The zero-order chi connectivity index (χ0) is 14.4. The molecule has 0 aromatic heterocycles. The van der Waals surface area contributed by atoms with Crippen LogP contribution in [-0.2, 0) is 4.74 Å². The summed E-state index contributed by atoms with van der Waals surface area (Å²) >= 11 is 0. The molecule has 2 aliphatic carbocycles. The van der Waals surface area contributed by atoms with Crippen LogP contribution in [0.25, 0.3) is 0 Å². The molecule has 1 N–H and O–H groups in total. The second-order valence-corrected chi connectivity index (χ2v) is 6.84. The van der Waals surface area contributed by atoms with Gasteiger partial charge in [0.25, 0.3) is 0 Å². The number of hydrogen-bond acceptors (Lipinski definition) is 2. The van der Waals surface area contributed by atoms with Crippen LogP contribution in [-0.4, -0.2) is 17.4 Å². The zero-order valence-corrected chi connectivity index (χ0v) is 12.9. The fourth-order valence-electron chi connectivity index (χ4n) is 4.26. The van der Waals surface area contributed by atoms with E-state index >= 15 is 0 Å². The lowest BCUT2D eigenvalue weighted by atomic mass is 9.70. The van der Waals surface area contributed by atoms with Gasteiger partial charge in [-0.05, 0) is 56.3 Å². The highest BCUT2D eigenvalue weighted by atomic mass is 16.7. The zero-order valence-electron chi connectivity index (χ0n) is 12.9. The van der Waals surface area contributed by atoms with Crippen molar-refractivity contribution in [2.24, 2.45) is 17.8 Å². The first kappa shape index (κ1) is 15.7. The third kappa shape index (κ3) is 4.68. The molecule has 2 saturated carbocycles. The first-order valence-corrected chi connectivity index (χ1v) is 8.58. The number of rotatable bonds is 5. The molecule has 3 nitrogen and oxygen atoms in total. The Morgan fingerprint density at radius 2 is 1.55 bits per heavy atom. The average molecular weight is 282 g/mol. The van der Waals surface area contributed by atoms with E-state index in [4.69, 9.17) is 9.84 Å². The molecule has 20 heavy (non-hydrogen) atoms. The Balaban J connectivity index is 1.66. The number of unbranched alkanes of at least 4 members (excludes halogenated alkanes) is 1. The van der Waals surface area contributed by atoms with Crippen molar-refractivity contribution in [2.75, 3.05) is 0 Å². The minimum Gasteiger partial charge on any atom is -0.450 e. The van der Waals surface area contributed by atoms with Crippen LogP contribution in [0.15, 0.2) is 0 Å². The fourth-order valence-corrected chi connectivity index (χ4v) is 4.26. The molecule has 0 amide bonds. The van der Waals surface area contributed by atoms with E-state index in [0.717, 1.165) is 30.6 Å². The first-order valence-electron chi connectivity index (χ1n) is 8.58. The summed E-state index contributed by atoms with van der Waals surface area (Å²) in [7, 11) is 0. The van der Waals surface area contributed by atoms with Gasteiger partial charge in [0.1, 0.15) is 6.10 Å². The smallest absolute Gasteiger partial charge is 0.450 e. The van der Waals surface area contributed by atoms with E-state index < -0.39 is 6.16 Å². The van der Waals surface area contributed by atoms with E-state index in [1.165, 1.54) is 57.8 Å². The molecule has 0 aliphatic heterocycles. The van der Waals surface area contributed by atoms with Gasteiger partial charge in [-0.3, -0.25) is 0 Å². The molecule has 0 aromatic rings. The molecule has 2 fully saturated rings. The lowest BCUT2D eigenvalue weighted by Crippen LogP contribution is -2.29. The number of ether oxygens (including phenoxy) is 1.